The van der Waals surface area contributed by atoms with Crippen LogP contribution in [0.15, 0.2) is 176 Å². The molecule has 7 aromatic rings. The van der Waals surface area contributed by atoms with Crippen LogP contribution in [0, 0.1) is 0 Å². The molecule has 0 atom stereocenters. The molecule has 0 saturated carbocycles. The van der Waals surface area contributed by atoms with Crippen LogP contribution in [-0.4, -0.2) is 25.2 Å². The molecule has 0 unspecified atom stereocenters. The van der Waals surface area contributed by atoms with E-state index in [-0.39, 0.29) is 18.6 Å². The normalized spacial score (nSPS) is 12.8. The molecule has 5 heteroatoms. The van der Waals surface area contributed by atoms with Crippen molar-refractivity contribution in [1.82, 2.24) is 0 Å². The minimum atomic E-state index is -0.463. The monoisotopic (exact) mass is 813 g/mol. The molecule has 0 N–H and O–H groups in total. The van der Waals surface area contributed by atoms with Crippen molar-refractivity contribution in [2.24, 2.45) is 0 Å². The van der Waals surface area contributed by atoms with Gasteiger partial charge in [-0.3, -0.25) is 0 Å². The molecule has 0 heterocycles. The summed E-state index contributed by atoms with van der Waals surface area (Å²) >= 11 is 0. The van der Waals surface area contributed by atoms with Gasteiger partial charge in [-0.15, -0.1) is 0 Å². The summed E-state index contributed by atoms with van der Waals surface area (Å²) < 4.78 is 11.2. The van der Waals surface area contributed by atoms with Crippen molar-refractivity contribution in [3.63, 3.8) is 0 Å². The Balaban J connectivity index is 1.25. The smallest absolute Gasteiger partial charge is 0.338 e. The predicted molar refractivity (Wildman–Crippen MR) is 255 cm³/mol. The minimum Gasteiger partial charge on any atom is -0.462 e. The third kappa shape index (κ3) is 7.78. The molecule has 0 bridgehead atoms. The highest BCUT2D eigenvalue weighted by atomic mass is 16.5. The second-order valence-electron chi connectivity index (χ2n) is 15.9. The number of benzene rings is 7. The van der Waals surface area contributed by atoms with E-state index >= 15 is 0 Å². The predicted octanol–water partition coefficient (Wildman–Crippen LogP) is 14.8. The number of anilines is 3. The van der Waals surface area contributed by atoms with Crippen molar-refractivity contribution in [2.45, 2.75) is 47.0 Å². The van der Waals surface area contributed by atoms with Crippen LogP contribution in [0.25, 0.3) is 50.1 Å². The van der Waals surface area contributed by atoms with Gasteiger partial charge in [0.05, 0.1) is 24.3 Å². The molecule has 8 rings (SSSR count). The Kier molecular flexibility index (Phi) is 11.9. The van der Waals surface area contributed by atoms with Crippen molar-refractivity contribution in [3.8, 4) is 44.5 Å². The molecule has 308 valence electrons. The van der Waals surface area contributed by atoms with Gasteiger partial charge in [0.15, 0.2) is 0 Å². The van der Waals surface area contributed by atoms with Gasteiger partial charge in [-0.1, -0.05) is 141 Å². The van der Waals surface area contributed by atoms with E-state index in [0.29, 0.717) is 22.3 Å². The molecular weight excluding hydrogens is 763 g/mol. The largest absolute Gasteiger partial charge is 0.462 e. The summed E-state index contributed by atoms with van der Waals surface area (Å²) in [7, 11) is 0. The summed E-state index contributed by atoms with van der Waals surface area (Å²) in [6, 6.07) is 54.0. The summed E-state index contributed by atoms with van der Waals surface area (Å²) in [5, 5.41) is 0. The van der Waals surface area contributed by atoms with Crippen LogP contribution in [0.4, 0.5) is 17.1 Å². The molecule has 1 aliphatic carbocycles. The zero-order valence-electron chi connectivity index (χ0n) is 36.2. The topological polar surface area (TPSA) is 55.8 Å². The minimum absolute atomic E-state index is 0.160. The zero-order chi connectivity index (χ0) is 43.4. The highest BCUT2D eigenvalue weighted by Gasteiger charge is 2.36. The summed E-state index contributed by atoms with van der Waals surface area (Å²) in [5.74, 6) is -0.921. The second-order valence-corrected chi connectivity index (χ2v) is 15.9. The number of nitrogens with zero attached hydrogens (tertiary/aromatic N) is 1. The van der Waals surface area contributed by atoms with E-state index in [9.17, 15) is 9.59 Å². The summed E-state index contributed by atoms with van der Waals surface area (Å²) in [4.78, 5) is 29.7. The lowest BCUT2D eigenvalue weighted by atomic mass is 9.82. The number of hydrogen-bond donors (Lipinski definition) is 0. The first-order valence-electron chi connectivity index (χ1n) is 21.4. The fourth-order valence-electron chi connectivity index (χ4n) is 8.81. The Morgan fingerprint density at radius 1 is 0.516 bits per heavy atom. The lowest BCUT2D eigenvalue weighted by Crippen LogP contribution is -2.16. The summed E-state index contributed by atoms with van der Waals surface area (Å²) in [6.45, 7) is 12.7. The Hall–Kier alpha value is -7.24. The fraction of sp³-hybridized carbons (Fsp3) is 0.158. The van der Waals surface area contributed by atoms with Gasteiger partial charge in [0.2, 0.25) is 0 Å². The standard InChI is InChI=1S/C57H51NO4/c1-7-18-38(8-2)39-25-29-42(30-26-39)58(44-33-34-48-47-23-16-17-24-53(47)57(5,6)54(48)35-44)43-31-27-41(28-32-43)45-21-14-15-22-46(45)50-37-51(55(59)61-9-3)49(40-19-12-11-13-20-40)36-52(50)56(60)62-10-4/h7-8,11-37H,9-10H2,1-6H3/b18-7-,38-8+. The first-order valence-corrected chi connectivity index (χ1v) is 21.4. The van der Waals surface area contributed by atoms with Crippen molar-refractivity contribution in [2.75, 3.05) is 18.1 Å². The van der Waals surface area contributed by atoms with Crippen LogP contribution in [0.3, 0.4) is 0 Å². The number of esters is 2. The van der Waals surface area contributed by atoms with Crippen LogP contribution in [-0.2, 0) is 14.9 Å². The molecule has 1 aliphatic rings. The van der Waals surface area contributed by atoms with E-state index in [4.69, 9.17) is 9.47 Å². The third-order valence-electron chi connectivity index (χ3n) is 11.8. The van der Waals surface area contributed by atoms with Crippen LogP contribution < -0.4 is 4.90 Å². The molecule has 0 amide bonds. The Bertz CT molecular complexity index is 2830. The maximum atomic E-state index is 13.8. The van der Waals surface area contributed by atoms with E-state index < -0.39 is 11.9 Å². The molecule has 0 aromatic heterocycles. The van der Waals surface area contributed by atoms with Crippen molar-refractivity contribution < 1.29 is 19.1 Å². The third-order valence-corrected chi connectivity index (χ3v) is 11.8. The van der Waals surface area contributed by atoms with Crippen LogP contribution in [0.5, 0.6) is 0 Å². The molecule has 0 saturated heterocycles. The van der Waals surface area contributed by atoms with Gasteiger partial charge in [-0.2, -0.15) is 0 Å². The molecular formula is C57H51NO4. The highest BCUT2D eigenvalue weighted by molar-refractivity contribution is 6.06. The molecule has 0 radical (unpaired) electrons. The second kappa shape index (κ2) is 17.8. The fourth-order valence-corrected chi connectivity index (χ4v) is 8.81. The van der Waals surface area contributed by atoms with E-state index in [1.807, 2.05) is 55.5 Å². The first kappa shape index (κ1) is 41.5. The lowest BCUT2D eigenvalue weighted by molar-refractivity contribution is 0.0513. The quantitative estimate of drug-likeness (QED) is 0.0908. The number of ether oxygens (including phenoxy) is 2. The molecule has 0 aliphatic heterocycles. The van der Waals surface area contributed by atoms with Gasteiger partial charge < -0.3 is 14.4 Å². The summed E-state index contributed by atoms with van der Waals surface area (Å²) in [6.07, 6.45) is 6.33. The van der Waals surface area contributed by atoms with Gasteiger partial charge in [0, 0.05) is 22.5 Å². The van der Waals surface area contributed by atoms with E-state index in [1.54, 1.807) is 26.0 Å². The van der Waals surface area contributed by atoms with Crippen LogP contribution in [0.2, 0.25) is 0 Å². The maximum Gasteiger partial charge on any atom is 0.338 e. The Morgan fingerprint density at radius 2 is 1.03 bits per heavy atom. The number of allylic oxidation sites excluding steroid dienone is 4. The Labute approximate surface area is 365 Å². The zero-order valence-corrected chi connectivity index (χ0v) is 36.2. The van der Waals surface area contributed by atoms with E-state index in [2.05, 4.69) is 141 Å². The lowest BCUT2D eigenvalue weighted by Gasteiger charge is -2.28. The average Bonchev–Trinajstić information content (AvgIpc) is 3.54. The van der Waals surface area contributed by atoms with Gasteiger partial charge in [-0.25, -0.2) is 9.59 Å². The number of fused-ring (bicyclic) bond motifs is 3. The number of hydrogen-bond acceptors (Lipinski definition) is 5. The maximum absolute atomic E-state index is 13.8. The van der Waals surface area contributed by atoms with Crippen molar-refractivity contribution in [3.05, 3.63) is 204 Å². The molecule has 62 heavy (non-hydrogen) atoms. The Morgan fingerprint density at radius 3 is 1.66 bits per heavy atom. The molecule has 0 spiro atoms. The highest BCUT2D eigenvalue weighted by Crippen LogP contribution is 2.51. The van der Waals surface area contributed by atoms with Crippen LogP contribution in [0.1, 0.15) is 78.9 Å². The van der Waals surface area contributed by atoms with E-state index in [1.165, 1.54) is 27.8 Å². The summed E-state index contributed by atoms with van der Waals surface area (Å²) in [5.41, 5.74) is 15.8. The number of carbonyl (C=O) groups excluding carboxylic acids is 2. The average molecular weight is 814 g/mol. The van der Waals surface area contributed by atoms with Crippen molar-refractivity contribution in [1.29, 1.82) is 0 Å². The van der Waals surface area contributed by atoms with Gasteiger partial charge in [0.1, 0.15) is 0 Å². The molecule has 5 nitrogen and oxygen atoms in total. The molecule has 0 fully saturated rings. The SMILES string of the molecule is C/C=C\C(=C/C)c1ccc(N(c2ccc(-c3ccccc3-c3cc(C(=O)OCC)c(-c4ccccc4)cc3C(=O)OCC)cc2)c2ccc3c(c2)C(C)(C)c2ccccc2-3)cc1. The first-order chi connectivity index (χ1) is 30.2. The number of rotatable bonds is 12. The van der Waals surface area contributed by atoms with Crippen LogP contribution >= 0.6 is 0 Å². The van der Waals surface area contributed by atoms with Crippen molar-refractivity contribution >= 4 is 34.6 Å². The van der Waals surface area contributed by atoms with E-state index in [0.717, 1.165) is 44.9 Å². The molecule has 7 aromatic carbocycles. The van der Waals surface area contributed by atoms with Gasteiger partial charge >= 0.3 is 11.9 Å². The van der Waals surface area contributed by atoms with Gasteiger partial charge in [0.25, 0.3) is 0 Å². The van der Waals surface area contributed by atoms with Gasteiger partial charge in [-0.05, 0) is 143 Å². The number of carbonyl (C=O) groups is 2.